The quantitative estimate of drug-likeness (QED) is 0.515. The first-order valence-corrected chi connectivity index (χ1v) is 6.06. The molecule has 1 aromatic heterocycles. The molecule has 2 rings (SSSR count). The second-order valence-corrected chi connectivity index (χ2v) is 4.40. The van der Waals surface area contributed by atoms with E-state index in [4.69, 9.17) is 23.2 Å². The minimum Gasteiger partial charge on any atom is -0.340 e. The first kappa shape index (κ1) is 12.9. The van der Waals surface area contributed by atoms with Crippen LogP contribution in [-0.2, 0) is 0 Å². The molecule has 0 aliphatic carbocycles. The maximum atomic E-state index is 5.83. The van der Waals surface area contributed by atoms with Crippen LogP contribution in [-0.4, -0.2) is 17.9 Å². The number of hydrogen-bond acceptors (Lipinski definition) is 2. The maximum Gasteiger partial charge on any atom is 0.134 e. The zero-order chi connectivity index (χ0) is 13.0. The summed E-state index contributed by atoms with van der Waals surface area (Å²) in [7, 11) is 1.72. The normalized spacial score (nSPS) is 11.4. The van der Waals surface area contributed by atoms with E-state index in [9.17, 15) is 0 Å². The Morgan fingerprint density at radius 3 is 2.39 bits per heavy atom. The van der Waals surface area contributed by atoms with E-state index in [2.05, 4.69) is 15.3 Å². The van der Waals surface area contributed by atoms with Crippen LogP contribution in [0.4, 0.5) is 5.69 Å². The van der Waals surface area contributed by atoms with E-state index in [0.29, 0.717) is 10.2 Å². The molecule has 0 amide bonds. The summed E-state index contributed by atoms with van der Waals surface area (Å²) in [6, 6.07) is 11.0. The third kappa shape index (κ3) is 3.22. The molecule has 0 bridgehead atoms. The summed E-state index contributed by atoms with van der Waals surface area (Å²) in [6.07, 6.45) is 1.67. The number of nitrogens with zero attached hydrogens (tertiary/aromatic N) is 2. The van der Waals surface area contributed by atoms with Crippen LogP contribution in [0.15, 0.2) is 47.6 Å². The summed E-state index contributed by atoms with van der Waals surface area (Å²) in [5.41, 5.74) is 1.78. The second-order valence-electron chi connectivity index (χ2n) is 3.57. The van der Waals surface area contributed by atoms with Gasteiger partial charge in [0.05, 0.1) is 0 Å². The molecule has 92 valence electrons. The lowest BCUT2D eigenvalue weighted by molar-refractivity contribution is 1.30. The molecular formula is C13H11Cl2N3. The number of rotatable bonds is 2. The molecule has 1 heterocycles. The molecule has 2 aromatic rings. The Labute approximate surface area is 115 Å². The Hall–Kier alpha value is -1.58. The summed E-state index contributed by atoms with van der Waals surface area (Å²) < 4.78 is 0. The number of pyridine rings is 1. The van der Waals surface area contributed by atoms with Crippen LogP contribution in [0.1, 0.15) is 5.56 Å². The first-order valence-electron chi connectivity index (χ1n) is 5.30. The van der Waals surface area contributed by atoms with Crippen LogP contribution in [0.25, 0.3) is 0 Å². The van der Waals surface area contributed by atoms with E-state index >= 15 is 0 Å². The number of aromatic nitrogens is 1. The van der Waals surface area contributed by atoms with Crippen molar-refractivity contribution in [2.75, 3.05) is 12.4 Å². The molecule has 3 nitrogen and oxygen atoms in total. The van der Waals surface area contributed by atoms with E-state index in [1.165, 1.54) is 0 Å². The highest BCUT2D eigenvalue weighted by molar-refractivity contribution is 6.30. The van der Waals surface area contributed by atoms with E-state index in [1.807, 2.05) is 30.3 Å². The van der Waals surface area contributed by atoms with Crippen molar-refractivity contribution in [3.63, 3.8) is 0 Å². The van der Waals surface area contributed by atoms with Crippen LogP contribution >= 0.6 is 23.2 Å². The van der Waals surface area contributed by atoms with E-state index in [1.54, 1.807) is 19.3 Å². The van der Waals surface area contributed by atoms with Crippen LogP contribution in [0.2, 0.25) is 10.2 Å². The number of benzene rings is 1. The predicted octanol–water partition coefficient (Wildman–Crippen LogP) is 3.88. The average molecular weight is 280 g/mol. The predicted molar refractivity (Wildman–Crippen MR) is 76.8 cm³/mol. The molecule has 0 saturated carbocycles. The smallest absolute Gasteiger partial charge is 0.134 e. The molecule has 0 radical (unpaired) electrons. The van der Waals surface area contributed by atoms with Crippen molar-refractivity contribution in [1.29, 1.82) is 0 Å². The molecule has 0 unspecified atom stereocenters. The highest BCUT2D eigenvalue weighted by Crippen LogP contribution is 2.15. The van der Waals surface area contributed by atoms with E-state index in [-0.39, 0.29) is 0 Å². The Morgan fingerprint density at radius 2 is 1.83 bits per heavy atom. The van der Waals surface area contributed by atoms with Crippen LogP contribution in [0.5, 0.6) is 0 Å². The SMILES string of the molecule is CN=C(Nc1ccc(Cl)cc1)c1ccc(Cl)nc1. The van der Waals surface area contributed by atoms with Crippen LogP contribution in [0, 0.1) is 0 Å². The number of amidine groups is 1. The van der Waals surface area contributed by atoms with Gasteiger partial charge in [0.15, 0.2) is 0 Å². The van der Waals surface area contributed by atoms with Gasteiger partial charge in [0.2, 0.25) is 0 Å². The molecule has 0 fully saturated rings. The Balaban J connectivity index is 2.20. The van der Waals surface area contributed by atoms with Crippen molar-refractivity contribution in [1.82, 2.24) is 4.98 Å². The molecule has 0 saturated heterocycles. The fourth-order valence-corrected chi connectivity index (χ4v) is 1.68. The van der Waals surface area contributed by atoms with Gasteiger partial charge < -0.3 is 5.32 Å². The van der Waals surface area contributed by atoms with E-state index < -0.39 is 0 Å². The van der Waals surface area contributed by atoms with Gasteiger partial charge in [-0.15, -0.1) is 0 Å². The standard InChI is InChI=1S/C13H11Cl2N3/c1-16-13(9-2-7-12(15)17-8-9)18-11-5-3-10(14)4-6-11/h2-8H,1H3,(H,16,18). The van der Waals surface area contributed by atoms with Gasteiger partial charge in [-0.05, 0) is 36.4 Å². The van der Waals surface area contributed by atoms with Crippen LogP contribution in [0.3, 0.4) is 0 Å². The lowest BCUT2D eigenvalue weighted by atomic mass is 10.2. The third-order valence-electron chi connectivity index (χ3n) is 2.33. The molecule has 1 N–H and O–H groups in total. The highest BCUT2D eigenvalue weighted by atomic mass is 35.5. The molecule has 1 aromatic carbocycles. The van der Waals surface area contributed by atoms with Gasteiger partial charge in [-0.1, -0.05) is 23.2 Å². The molecular weight excluding hydrogens is 269 g/mol. The van der Waals surface area contributed by atoms with Crippen molar-refractivity contribution in [3.05, 3.63) is 58.3 Å². The molecule has 18 heavy (non-hydrogen) atoms. The zero-order valence-corrected chi connectivity index (χ0v) is 11.2. The van der Waals surface area contributed by atoms with Gasteiger partial charge in [-0.3, -0.25) is 4.99 Å². The molecule has 0 spiro atoms. The molecule has 0 aliphatic heterocycles. The summed E-state index contributed by atoms with van der Waals surface area (Å²) in [5, 5.41) is 4.36. The summed E-state index contributed by atoms with van der Waals surface area (Å²) in [4.78, 5) is 8.22. The van der Waals surface area contributed by atoms with Gasteiger partial charge in [-0.2, -0.15) is 0 Å². The molecule has 0 aliphatic rings. The topological polar surface area (TPSA) is 37.3 Å². The minimum absolute atomic E-state index is 0.459. The monoisotopic (exact) mass is 279 g/mol. The lowest BCUT2D eigenvalue weighted by Crippen LogP contribution is -2.13. The number of aliphatic imine (C=N–C) groups is 1. The fraction of sp³-hybridized carbons (Fsp3) is 0.0769. The molecule has 0 atom stereocenters. The van der Waals surface area contributed by atoms with Crippen LogP contribution < -0.4 is 5.32 Å². The summed E-state index contributed by atoms with van der Waals surface area (Å²) in [6.45, 7) is 0. The Bertz CT molecular complexity index is 547. The lowest BCUT2D eigenvalue weighted by Gasteiger charge is -2.09. The van der Waals surface area contributed by atoms with Crippen molar-refractivity contribution in [2.45, 2.75) is 0 Å². The van der Waals surface area contributed by atoms with Crippen molar-refractivity contribution < 1.29 is 0 Å². The van der Waals surface area contributed by atoms with Crippen molar-refractivity contribution in [2.24, 2.45) is 4.99 Å². The summed E-state index contributed by atoms with van der Waals surface area (Å²) >= 11 is 11.6. The number of nitrogens with one attached hydrogen (secondary N) is 1. The molecule has 5 heteroatoms. The van der Waals surface area contributed by atoms with Gasteiger partial charge in [-0.25, -0.2) is 4.98 Å². The highest BCUT2D eigenvalue weighted by Gasteiger charge is 2.03. The third-order valence-corrected chi connectivity index (χ3v) is 2.81. The Kier molecular flexibility index (Phi) is 4.18. The number of halogens is 2. The minimum atomic E-state index is 0.459. The fourth-order valence-electron chi connectivity index (χ4n) is 1.44. The largest absolute Gasteiger partial charge is 0.340 e. The van der Waals surface area contributed by atoms with Gasteiger partial charge in [0, 0.05) is 29.5 Å². The average Bonchev–Trinajstić information content (AvgIpc) is 2.39. The van der Waals surface area contributed by atoms with Crippen molar-refractivity contribution >= 4 is 34.7 Å². The number of hydrogen-bond donors (Lipinski definition) is 1. The number of anilines is 1. The second kappa shape index (κ2) is 5.85. The van der Waals surface area contributed by atoms with Crippen molar-refractivity contribution in [3.8, 4) is 0 Å². The summed E-state index contributed by atoms with van der Waals surface area (Å²) in [5.74, 6) is 0.724. The zero-order valence-electron chi connectivity index (χ0n) is 9.69. The first-order chi connectivity index (χ1) is 8.69. The maximum absolute atomic E-state index is 5.83. The van der Waals surface area contributed by atoms with Gasteiger partial charge in [0.1, 0.15) is 11.0 Å². The van der Waals surface area contributed by atoms with E-state index in [0.717, 1.165) is 17.1 Å². The van der Waals surface area contributed by atoms with Gasteiger partial charge >= 0.3 is 0 Å². The Morgan fingerprint density at radius 1 is 1.11 bits per heavy atom. The van der Waals surface area contributed by atoms with Gasteiger partial charge in [0.25, 0.3) is 0 Å².